The summed E-state index contributed by atoms with van der Waals surface area (Å²) in [7, 11) is 0. The van der Waals surface area contributed by atoms with E-state index in [-0.39, 0.29) is 0 Å². The van der Waals surface area contributed by atoms with E-state index in [1.165, 1.54) is 98.0 Å². The van der Waals surface area contributed by atoms with Crippen molar-refractivity contribution in [2.75, 3.05) is 0 Å². The van der Waals surface area contributed by atoms with Crippen molar-refractivity contribution in [3.05, 3.63) is 218 Å². The number of H-pyrrole nitrogens is 1. The second kappa shape index (κ2) is 12.9. The van der Waals surface area contributed by atoms with Crippen LogP contribution >= 0.6 is 0 Å². The SMILES string of the molecule is c1ccc2c(c1)[nH]c1ccc(-n3c4ccccc4c4cc(-n5c6ccccc6c6cc(-n7c8ccccc8c8cc(-n9c%10ccccc%10c%10ccccc%109)ccc87)ccc65)ccc43)cc12. The minimum absolute atomic E-state index is 1.14. The first-order chi connectivity index (χ1) is 32.2. The molecule has 0 aliphatic carbocycles. The van der Waals surface area contributed by atoms with Gasteiger partial charge in [0.1, 0.15) is 0 Å². The number of hydrogen-bond acceptors (Lipinski definition) is 0. The lowest BCUT2D eigenvalue weighted by Crippen LogP contribution is -1.97. The average molecular weight is 828 g/mol. The monoisotopic (exact) mass is 827 g/mol. The summed E-state index contributed by atoms with van der Waals surface area (Å²) in [5.41, 5.74) is 16.4. The van der Waals surface area contributed by atoms with E-state index in [4.69, 9.17) is 0 Å². The highest BCUT2D eigenvalue weighted by atomic mass is 15.0. The van der Waals surface area contributed by atoms with Gasteiger partial charge in [0.15, 0.2) is 0 Å². The van der Waals surface area contributed by atoms with Gasteiger partial charge in [-0.15, -0.1) is 0 Å². The van der Waals surface area contributed by atoms with Crippen molar-refractivity contribution in [3.8, 4) is 22.7 Å². The van der Waals surface area contributed by atoms with E-state index in [1.54, 1.807) is 0 Å². The molecule has 0 saturated carbocycles. The lowest BCUT2D eigenvalue weighted by Gasteiger charge is -2.12. The van der Waals surface area contributed by atoms with Crippen molar-refractivity contribution in [3.63, 3.8) is 0 Å². The number of nitrogens with one attached hydrogen (secondary N) is 1. The molecular formula is C60H37N5. The molecule has 5 aromatic heterocycles. The second-order valence-electron chi connectivity index (χ2n) is 17.4. The van der Waals surface area contributed by atoms with Crippen molar-refractivity contribution >= 4 is 109 Å². The maximum Gasteiger partial charge on any atom is 0.0542 e. The summed E-state index contributed by atoms with van der Waals surface area (Å²) in [5, 5.41) is 12.4. The van der Waals surface area contributed by atoms with Crippen molar-refractivity contribution in [2.24, 2.45) is 0 Å². The molecule has 0 aliphatic rings. The zero-order chi connectivity index (χ0) is 42.3. The fraction of sp³-hybridized carbons (Fsp3) is 0. The molecule has 15 aromatic rings. The van der Waals surface area contributed by atoms with Crippen molar-refractivity contribution in [1.82, 2.24) is 23.3 Å². The summed E-state index contributed by atoms with van der Waals surface area (Å²) in [5.74, 6) is 0. The quantitative estimate of drug-likeness (QED) is 0.183. The molecule has 0 bridgehead atoms. The molecule has 5 heteroatoms. The van der Waals surface area contributed by atoms with Gasteiger partial charge in [0.25, 0.3) is 0 Å². The summed E-state index contributed by atoms with van der Waals surface area (Å²) < 4.78 is 9.73. The number of para-hydroxylation sites is 6. The summed E-state index contributed by atoms with van der Waals surface area (Å²) in [6, 6.07) is 80.3. The molecule has 65 heavy (non-hydrogen) atoms. The molecule has 0 saturated heterocycles. The van der Waals surface area contributed by atoms with Gasteiger partial charge in [0, 0.05) is 87.6 Å². The molecule has 0 unspecified atom stereocenters. The maximum atomic E-state index is 3.61. The Morgan fingerprint density at radius 2 is 0.462 bits per heavy atom. The molecule has 0 aliphatic heterocycles. The Balaban J connectivity index is 0.909. The van der Waals surface area contributed by atoms with Gasteiger partial charge in [-0.3, -0.25) is 0 Å². The van der Waals surface area contributed by atoms with Crippen LogP contribution in [0.3, 0.4) is 0 Å². The van der Waals surface area contributed by atoms with Gasteiger partial charge in [-0.1, -0.05) is 109 Å². The van der Waals surface area contributed by atoms with Crippen LogP contribution in [0, 0.1) is 0 Å². The second-order valence-corrected chi connectivity index (χ2v) is 17.4. The molecule has 0 radical (unpaired) electrons. The van der Waals surface area contributed by atoms with Crippen molar-refractivity contribution in [1.29, 1.82) is 0 Å². The summed E-state index contributed by atoms with van der Waals surface area (Å²) in [6.07, 6.45) is 0. The lowest BCUT2D eigenvalue weighted by atomic mass is 10.1. The van der Waals surface area contributed by atoms with E-state index < -0.39 is 0 Å². The number of nitrogens with zero attached hydrogens (tertiary/aromatic N) is 4. The first-order valence-corrected chi connectivity index (χ1v) is 22.3. The zero-order valence-electron chi connectivity index (χ0n) is 35.1. The Morgan fingerprint density at radius 1 is 0.200 bits per heavy atom. The topological polar surface area (TPSA) is 35.5 Å². The standard InChI is InChI=1S/C60H37N5/c1-7-19-51-41(13-1)47-33-37(25-29-52(47)61-51)63-55-22-10-4-16-44(55)49-35-39(27-31-58(49)63)65-57-24-12-6-18-46(57)50-36-40(28-32-60(50)65)64-56-23-11-5-17-45(56)48-34-38(26-30-59(48)64)62-53-20-8-2-14-42(53)43-15-3-9-21-54(43)62/h1-36,61H. The van der Waals surface area contributed by atoms with Crippen LogP contribution in [0.5, 0.6) is 0 Å². The van der Waals surface area contributed by atoms with Gasteiger partial charge in [-0.2, -0.15) is 0 Å². The highest BCUT2D eigenvalue weighted by Gasteiger charge is 2.20. The largest absolute Gasteiger partial charge is 0.355 e. The Morgan fingerprint density at radius 3 is 0.846 bits per heavy atom. The molecule has 1 N–H and O–H groups in total. The van der Waals surface area contributed by atoms with E-state index >= 15 is 0 Å². The highest BCUT2D eigenvalue weighted by molar-refractivity contribution is 6.15. The number of rotatable bonds is 4. The summed E-state index contributed by atoms with van der Waals surface area (Å²) in [4.78, 5) is 3.61. The molecule has 10 aromatic carbocycles. The third kappa shape index (κ3) is 4.76. The average Bonchev–Trinajstić information content (AvgIpc) is 4.16. The molecule has 0 amide bonds. The van der Waals surface area contributed by atoms with Crippen LogP contribution in [0.1, 0.15) is 0 Å². The van der Waals surface area contributed by atoms with E-state index in [0.29, 0.717) is 0 Å². The Bertz CT molecular complexity index is 4430. The Labute approximate surface area is 371 Å². The fourth-order valence-electron chi connectivity index (χ4n) is 11.3. The molecule has 0 fully saturated rings. The van der Waals surface area contributed by atoms with Gasteiger partial charge in [-0.25, -0.2) is 0 Å². The van der Waals surface area contributed by atoms with Crippen LogP contribution in [0.15, 0.2) is 218 Å². The van der Waals surface area contributed by atoms with Gasteiger partial charge < -0.3 is 23.3 Å². The highest BCUT2D eigenvalue weighted by Crippen LogP contribution is 2.41. The minimum atomic E-state index is 1.14. The predicted octanol–water partition coefficient (Wildman–Crippen LogP) is 15.7. The van der Waals surface area contributed by atoms with Crippen molar-refractivity contribution < 1.29 is 0 Å². The smallest absolute Gasteiger partial charge is 0.0542 e. The van der Waals surface area contributed by atoms with E-state index in [2.05, 4.69) is 242 Å². The predicted molar refractivity (Wildman–Crippen MR) is 273 cm³/mol. The molecule has 0 spiro atoms. The van der Waals surface area contributed by atoms with Gasteiger partial charge in [0.05, 0.1) is 44.1 Å². The fourth-order valence-corrected chi connectivity index (χ4v) is 11.3. The van der Waals surface area contributed by atoms with E-state index in [1.807, 2.05) is 0 Å². The zero-order valence-corrected chi connectivity index (χ0v) is 35.1. The third-order valence-electron chi connectivity index (χ3n) is 14.1. The van der Waals surface area contributed by atoms with Gasteiger partial charge in [-0.05, 0) is 109 Å². The molecular weight excluding hydrogens is 791 g/mol. The van der Waals surface area contributed by atoms with Crippen LogP contribution in [-0.2, 0) is 0 Å². The van der Waals surface area contributed by atoms with Crippen molar-refractivity contribution in [2.45, 2.75) is 0 Å². The number of hydrogen-bond donors (Lipinski definition) is 1. The van der Waals surface area contributed by atoms with Crippen LogP contribution < -0.4 is 0 Å². The van der Waals surface area contributed by atoms with Gasteiger partial charge in [0.2, 0.25) is 0 Å². The first-order valence-electron chi connectivity index (χ1n) is 22.3. The number of aromatic amines is 1. The molecule has 0 atom stereocenters. The third-order valence-corrected chi connectivity index (χ3v) is 14.1. The molecule has 5 heterocycles. The minimum Gasteiger partial charge on any atom is -0.355 e. The van der Waals surface area contributed by atoms with Crippen LogP contribution in [0.25, 0.3) is 132 Å². The maximum absolute atomic E-state index is 3.61. The lowest BCUT2D eigenvalue weighted by molar-refractivity contribution is 1.16. The first kappa shape index (κ1) is 34.7. The van der Waals surface area contributed by atoms with Gasteiger partial charge >= 0.3 is 0 Å². The van der Waals surface area contributed by atoms with Crippen LogP contribution in [-0.4, -0.2) is 23.3 Å². The summed E-state index contributed by atoms with van der Waals surface area (Å²) in [6.45, 7) is 0. The Hall–Kier alpha value is -8.80. The van der Waals surface area contributed by atoms with E-state index in [9.17, 15) is 0 Å². The van der Waals surface area contributed by atoms with E-state index in [0.717, 1.165) is 33.8 Å². The molecule has 302 valence electrons. The summed E-state index contributed by atoms with van der Waals surface area (Å²) >= 11 is 0. The molecule has 5 nitrogen and oxygen atoms in total. The van der Waals surface area contributed by atoms with Crippen LogP contribution in [0.4, 0.5) is 0 Å². The Kier molecular flexibility index (Phi) is 6.89. The number of aromatic nitrogens is 5. The molecule has 15 rings (SSSR count). The number of benzene rings is 10. The normalized spacial score (nSPS) is 12.3. The van der Waals surface area contributed by atoms with Crippen LogP contribution in [0.2, 0.25) is 0 Å². The number of fused-ring (bicyclic) bond motifs is 15.